The molecule has 0 aliphatic carbocycles. The number of hydrogen-bond donors (Lipinski definition) is 1. The van der Waals surface area contributed by atoms with Crippen LogP contribution in [0.2, 0.25) is 0 Å². The molecule has 3 heterocycles. The van der Waals surface area contributed by atoms with Crippen molar-refractivity contribution < 1.29 is 14.3 Å². The molecule has 0 radical (unpaired) electrons. The highest BCUT2D eigenvalue weighted by Crippen LogP contribution is 2.27. The molecule has 1 N–H and O–H groups in total. The third kappa shape index (κ3) is 3.82. The van der Waals surface area contributed by atoms with Gasteiger partial charge in [-0.05, 0) is 55.8 Å². The number of carbonyl (C=O) groups is 1. The van der Waals surface area contributed by atoms with E-state index in [1.54, 1.807) is 0 Å². The van der Waals surface area contributed by atoms with Crippen LogP contribution in [-0.4, -0.2) is 55.8 Å². The molecular formula is C20H28N2O3. The second-order valence-corrected chi connectivity index (χ2v) is 7.32. The molecule has 4 rings (SSSR count). The Morgan fingerprint density at radius 3 is 2.96 bits per heavy atom. The number of carbonyl (C=O) groups excluding carboxylic acids is 1. The fourth-order valence-corrected chi connectivity index (χ4v) is 4.37. The van der Waals surface area contributed by atoms with Crippen LogP contribution in [-0.2, 0) is 22.4 Å². The Morgan fingerprint density at radius 2 is 2.08 bits per heavy atom. The van der Waals surface area contributed by atoms with E-state index in [4.69, 9.17) is 9.47 Å². The van der Waals surface area contributed by atoms with Crippen molar-refractivity contribution in [2.45, 2.75) is 50.6 Å². The minimum absolute atomic E-state index is 0.0523. The lowest BCUT2D eigenvalue weighted by Crippen LogP contribution is -2.49. The Kier molecular flexibility index (Phi) is 5.22. The van der Waals surface area contributed by atoms with Gasteiger partial charge in [0.25, 0.3) is 0 Å². The molecule has 0 saturated carbocycles. The topological polar surface area (TPSA) is 50.8 Å². The maximum atomic E-state index is 12.7. The second kappa shape index (κ2) is 7.75. The summed E-state index contributed by atoms with van der Waals surface area (Å²) in [5.74, 6) is 1.22. The maximum absolute atomic E-state index is 12.7. The third-order valence-electron chi connectivity index (χ3n) is 5.72. The van der Waals surface area contributed by atoms with Gasteiger partial charge in [-0.25, -0.2) is 0 Å². The van der Waals surface area contributed by atoms with Crippen LogP contribution in [0, 0.1) is 0 Å². The minimum atomic E-state index is 0.0523. The van der Waals surface area contributed by atoms with E-state index in [9.17, 15) is 4.79 Å². The first kappa shape index (κ1) is 16.9. The zero-order chi connectivity index (χ0) is 17.1. The largest absolute Gasteiger partial charge is 0.493 e. The quantitative estimate of drug-likeness (QED) is 0.887. The highest BCUT2D eigenvalue weighted by molar-refractivity contribution is 5.82. The SMILES string of the molecule is O=C(NCCc1ccc2c(c1)CCO2)C1CCCN1C1CCOCC1. The molecule has 5 nitrogen and oxygen atoms in total. The van der Waals surface area contributed by atoms with Crippen LogP contribution in [0.1, 0.15) is 36.8 Å². The van der Waals surface area contributed by atoms with Crippen LogP contribution in [0.4, 0.5) is 0 Å². The smallest absolute Gasteiger partial charge is 0.237 e. The molecule has 0 bridgehead atoms. The molecule has 0 spiro atoms. The van der Waals surface area contributed by atoms with E-state index in [1.165, 1.54) is 11.1 Å². The van der Waals surface area contributed by atoms with Crippen LogP contribution in [0.5, 0.6) is 5.75 Å². The molecule has 1 aromatic carbocycles. The molecule has 25 heavy (non-hydrogen) atoms. The van der Waals surface area contributed by atoms with Gasteiger partial charge >= 0.3 is 0 Å². The lowest BCUT2D eigenvalue weighted by Gasteiger charge is -2.34. The average Bonchev–Trinajstić information content (AvgIpc) is 3.31. The average molecular weight is 344 g/mol. The summed E-state index contributed by atoms with van der Waals surface area (Å²) in [5.41, 5.74) is 2.57. The third-order valence-corrected chi connectivity index (χ3v) is 5.72. The Hall–Kier alpha value is -1.59. The molecule has 3 aliphatic heterocycles. The van der Waals surface area contributed by atoms with Crippen LogP contribution in [0.3, 0.4) is 0 Å². The summed E-state index contributed by atoms with van der Waals surface area (Å²) in [6, 6.07) is 6.96. The number of amides is 1. The van der Waals surface area contributed by atoms with E-state index < -0.39 is 0 Å². The fraction of sp³-hybridized carbons (Fsp3) is 0.650. The van der Waals surface area contributed by atoms with Gasteiger partial charge in [0, 0.05) is 32.2 Å². The first-order chi connectivity index (χ1) is 12.3. The number of nitrogens with one attached hydrogen (secondary N) is 1. The predicted molar refractivity (Wildman–Crippen MR) is 95.9 cm³/mol. The van der Waals surface area contributed by atoms with Crippen molar-refractivity contribution in [3.63, 3.8) is 0 Å². The van der Waals surface area contributed by atoms with Crippen molar-refractivity contribution in [2.24, 2.45) is 0 Å². The number of fused-ring (bicyclic) bond motifs is 1. The van der Waals surface area contributed by atoms with Crippen molar-refractivity contribution in [3.05, 3.63) is 29.3 Å². The number of rotatable bonds is 5. The Bertz CT molecular complexity index is 613. The number of benzene rings is 1. The molecule has 3 aliphatic rings. The van der Waals surface area contributed by atoms with Gasteiger partial charge in [-0.2, -0.15) is 0 Å². The van der Waals surface area contributed by atoms with Crippen molar-refractivity contribution in [1.82, 2.24) is 10.2 Å². The van der Waals surface area contributed by atoms with Crippen molar-refractivity contribution in [1.29, 1.82) is 0 Å². The number of likely N-dealkylation sites (tertiary alicyclic amines) is 1. The van der Waals surface area contributed by atoms with Gasteiger partial charge < -0.3 is 14.8 Å². The Balaban J connectivity index is 1.28. The van der Waals surface area contributed by atoms with E-state index in [0.29, 0.717) is 12.6 Å². The molecule has 2 saturated heterocycles. The molecule has 1 amide bonds. The van der Waals surface area contributed by atoms with Gasteiger partial charge in [0.15, 0.2) is 0 Å². The molecular weight excluding hydrogens is 316 g/mol. The fourth-order valence-electron chi connectivity index (χ4n) is 4.37. The van der Waals surface area contributed by atoms with Gasteiger partial charge in [0.2, 0.25) is 5.91 Å². The van der Waals surface area contributed by atoms with Gasteiger partial charge in [-0.1, -0.05) is 12.1 Å². The monoisotopic (exact) mass is 344 g/mol. The van der Waals surface area contributed by atoms with E-state index in [-0.39, 0.29) is 11.9 Å². The highest BCUT2D eigenvalue weighted by Gasteiger charge is 2.35. The van der Waals surface area contributed by atoms with Crippen LogP contribution >= 0.6 is 0 Å². The Morgan fingerprint density at radius 1 is 1.20 bits per heavy atom. The summed E-state index contributed by atoms with van der Waals surface area (Å²) in [7, 11) is 0. The van der Waals surface area contributed by atoms with Crippen LogP contribution in [0.25, 0.3) is 0 Å². The number of ether oxygens (including phenoxy) is 2. The van der Waals surface area contributed by atoms with Crippen LogP contribution in [0.15, 0.2) is 18.2 Å². The molecule has 0 aromatic heterocycles. The van der Waals surface area contributed by atoms with E-state index in [1.807, 2.05) is 0 Å². The zero-order valence-corrected chi connectivity index (χ0v) is 14.8. The normalized spacial score (nSPS) is 24.1. The van der Waals surface area contributed by atoms with Gasteiger partial charge in [0.05, 0.1) is 12.6 Å². The summed E-state index contributed by atoms with van der Waals surface area (Å²) in [6.45, 7) is 4.21. The first-order valence-electron chi connectivity index (χ1n) is 9.67. The van der Waals surface area contributed by atoms with Gasteiger partial charge in [-0.15, -0.1) is 0 Å². The van der Waals surface area contributed by atoms with E-state index in [2.05, 4.69) is 28.4 Å². The first-order valence-corrected chi connectivity index (χ1v) is 9.67. The Labute approximate surface area is 149 Å². The molecule has 1 atom stereocenters. The van der Waals surface area contributed by atoms with Crippen molar-refractivity contribution in [2.75, 3.05) is 32.9 Å². The van der Waals surface area contributed by atoms with Crippen LogP contribution < -0.4 is 10.1 Å². The summed E-state index contributed by atoms with van der Waals surface area (Å²) < 4.78 is 11.0. The lowest BCUT2D eigenvalue weighted by molar-refractivity contribution is -0.126. The number of hydrogen-bond acceptors (Lipinski definition) is 4. The summed E-state index contributed by atoms with van der Waals surface area (Å²) in [5, 5.41) is 3.17. The summed E-state index contributed by atoms with van der Waals surface area (Å²) >= 11 is 0. The minimum Gasteiger partial charge on any atom is -0.493 e. The molecule has 2 fully saturated rings. The highest BCUT2D eigenvalue weighted by atomic mass is 16.5. The van der Waals surface area contributed by atoms with E-state index in [0.717, 1.165) is 70.6 Å². The maximum Gasteiger partial charge on any atom is 0.237 e. The molecule has 136 valence electrons. The molecule has 1 unspecified atom stereocenters. The molecule has 1 aromatic rings. The summed E-state index contributed by atoms with van der Waals surface area (Å²) in [4.78, 5) is 15.1. The second-order valence-electron chi connectivity index (χ2n) is 7.32. The molecule has 5 heteroatoms. The zero-order valence-electron chi connectivity index (χ0n) is 14.8. The van der Waals surface area contributed by atoms with E-state index >= 15 is 0 Å². The van der Waals surface area contributed by atoms with Gasteiger partial charge in [-0.3, -0.25) is 9.69 Å². The predicted octanol–water partition coefficient (Wildman–Crippen LogP) is 1.92. The standard InChI is InChI=1S/C20H28N2O3/c23-20(18-2-1-10-22(18)17-7-11-24-12-8-17)21-9-5-15-3-4-19-16(14-15)6-13-25-19/h3-4,14,17-18H,1-2,5-13H2,(H,21,23). The number of nitrogens with zero attached hydrogens (tertiary/aromatic N) is 1. The van der Waals surface area contributed by atoms with Gasteiger partial charge in [0.1, 0.15) is 5.75 Å². The lowest BCUT2D eigenvalue weighted by atomic mass is 10.0. The van der Waals surface area contributed by atoms with Crippen molar-refractivity contribution in [3.8, 4) is 5.75 Å². The summed E-state index contributed by atoms with van der Waals surface area (Å²) in [6.07, 6.45) is 6.10. The van der Waals surface area contributed by atoms with Crippen molar-refractivity contribution >= 4 is 5.91 Å².